The summed E-state index contributed by atoms with van der Waals surface area (Å²) < 4.78 is 0. The van der Waals surface area contributed by atoms with Crippen LogP contribution in [0.4, 0.5) is 0 Å². The molecule has 7 heteroatoms. The number of piperidine rings is 1. The maximum absolute atomic E-state index is 7.00. The van der Waals surface area contributed by atoms with Crippen LogP contribution >= 0.6 is 0 Å². The van der Waals surface area contributed by atoms with Gasteiger partial charge in [0, 0.05) is 30.8 Å². The van der Waals surface area contributed by atoms with Crippen LogP contribution in [0.5, 0.6) is 0 Å². The summed E-state index contributed by atoms with van der Waals surface area (Å²) in [6.07, 6.45) is 4.00. The second-order valence-electron chi connectivity index (χ2n) is 10.6. The van der Waals surface area contributed by atoms with Gasteiger partial charge in [-0.3, -0.25) is 4.90 Å². The number of nitrogens with zero attached hydrogens (tertiary/aromatic N) is 4. The Labute approximate surface area is 213 Å². The fourth-order valence-electron chi connectivity index (χ4n) is 4.89. The number of nitrogens with one attached hydrogen (secondary N) is 2. The average molecular weight is 487 g/mol. The third kappa shape index (κ3) is 5.98. The standard InChI is InChI=1S/C28H34N6.CH4O/c1-18(2)26-27(32-25-15-23-22(29-17-30-23)14-24(25)31-26)20-8-6-19(7-9-20)16-34-12-10-21(11-13-34)33-28(3,4)5;1-2/h6-9,14-15,17,21,32-33H,1,10-13,16H2,2-5H3;2H,1H3. The van der Waals surface area contributed by atoms with Gasteiger partial charge in [0.25, 0.3) is 0 Å². The highest BCUT2D eigenvalue weighted by Crippen LogP contribution is 2.29. The van der Waals surface area contributed by atoms with E-state index in [0.29, 0.717) is 6.04 Å². The number of aromatic nitrogens is 4. The topological polar surface area (TPSA) is 90.0 Å². The molecule has 3 heterocycles. The van der Waals surface area contributed by atoms with Crippen molar-refractivity contribution in [2.45, 2.75) is 58.7 Å². The van der Waals surface area contributed by atoms with E-state index < -0.39 is 0 Å². The van der Waals surface area contributed by atoms with E-state index in [1.54, 1.807) is 6.33 Å². The predicted octanol–water partition coefficient (Wildman–Crippen LogP) is 5.17. The minimum Gasteiger partial charge on any atom is -0.400 e. The third-order valence-electron chi connectivity index (χ3n) is 6.49. The van der Waals surface area contributed by atoms with Gasteiger partial charge in [-0.05, 0) is 76.9 Å². The zero-order valence-corrected chi connectivity index (χ0v) is 22.1. The van der Waals surface area contributed by atoms with Crippen LogP contribution in [0.15, 0.2) is 49.3 Å². The summed E-state index contributed by atoms with van der Waals surface area (Å²) in [4.78, 5) is 19.7. The summed E-state index contributed by atoms with van der Waals surface area (Å²) in [5, 5.41) is 10.8. The first-order chi connectivity index (χ1) is 17.2. The summed E-state index contributed by atoms with van der Waals surface area (Å²) in [5.74, 6) is 0. The van der Waals surface area contributed by atoms with Crippen molar-refractivity contribution in [1.29, 1.82) is 0 Å². The Hall–Kier alpha value is -3.13. The second-order valence-corrected chi connectivity index (χ2v) is 10.6. The number of hydrogen-bond donors (Lipinski definition) is 3. The van der Waals surface area contributed by atoms with E-state index in [4.69, 9.17) is 10.1 Å². The van der Waals surface area contributed by atoms with E-state index in [1.165, 1.54) is 18.4 Å². The van der Waals surface area contributed by atoms with E-state index in [0.717, 1.165) is 71.3 Å². The molecule has 1 aliphatic heterocycles. The van der Waals surface area contributed by atoms with Crippen LogP contribution in [0.25, 0.3) is 38.9 Å². The smallest absolute Gasteiger partial charge is 0.116 e. The monoisotopic (exact) mass is 486 g/mol. The Kier molecular flexibility index (Phi) is 7.83. The molecule has 1 aliphatic rings. The summed E-state index contributed by atoms with van der Waals surface area (Å²) in [6, 6.07) is 13.5. The van der Waals surface area contributed by atoms with Crippen molar-refractivity contribution in [2.24, 2.45) is 0 Å². The number of benzene rings is 2. The van der Waals surface area contributed by atoms with Gasteiger partial charge in [0.2, 0.25) is 0 Å². The molecule has 1 fully saturated rings. The minimum atomic E-state index is 0.183. The largest absolute Gasteiger partial charge is 0.400 e. The second kappa shape index (κ2) is 10.9. The van der Waals surface area contributed by atoms with Gasteiger partial charge in [0.05, 0.1) is 33.5 Å². The summed E-state index contributed by atoms with van der Waals surface area (Å²) in [5.41, 5.74) is 8.98. The van der Waals surface area contributed by atoms with Gasteiger partial charge in [-0.25, -0.2) is 15.0 Å². The van der Waals surface area contributed by atoms with E-state index in [-0.39, 0.29) is 5.54 Å². The Morgan fingerprint density at radius 3 is 2.31 bits per heavy atom. The molecule has 5 rings (SSSR count). The molecule has 2 aromatic carbocycles. The normalized spacial score (nSPS) is 15.2. The quantitative estimate of drug-likeness (QED) is 0.361. The van der Waals surface area contributed by atoms with Gasteiger partial charge in [-0.15, -0.1) is 0 Å². The fourth-order valence-corrected chi connectivity index (χ4v) is 4.89. The van der Waals surface area contributed by atoms with E-state index in [1.807, 2.05) is 19.1 Å². The average Bonchev–Trinajstić information content (AvgIpc) is 3.31. The Balaban J connectivity index is 0.00000148. The third-order valence-corrected chi connectivity index (χ3v) is 6.49. The van der Waals surface area contributed by atoms with Gasteiger partial charge in [-0.1, -0.05) is 30.8 Å². The lowest BCUT2D eigenvalue weighted by Gasteiger charge is -2.36. The zero-order chi connectivity index (χ0) is 25.9. The van der Waals surface area contributed by atoms with Crippen molar-refractivity contribution in [2.75, 3.05) is 20.2 Å². The highest BCUT2D eigenvalue weighted by atomic mass is 16.2. The molecular formula is C29H38N6O. The lowest BCUT2D eigenvalue weighted by molar-refractivity contribution is 0.175. The molecule has 0 radical (unpaired) electrons. The molecule has 4 aromatic rings. The van der Waals surface area contributed by atoms with Crippen molar-refractivity contribution >= 4 is 27.6 Å². The first kappa shape index (κ1) is 25.9. The molecule has 36 heavy (non-hydrogen) atoms. The number of likely N-dealkylation sites (tertiary alicyclic amines) is 1. The van der Waals surface area contributed by atoms with Crippen molar-refractivity contribution in [3.63, 3.8) is 0 Å². The molecule has 0 unspecified atom stereocenters. The van der Waals surface area contributed by atoms with Gasteiger partial charge in [0.1, 0.15) is 6.33 Å². The molecule has 0 bridgehead atoms. The molecule has 0 atom stereocenters. The number of aromatic amines is 1. The number of H-pyrrole nitrogens is 1. The number of aliphatic hydroxyl groups excluding tert-OH is 1. The minimum absolute atomic E-state index is 0.183. The number of fused-ring (bicyclic) bond motifs is 2. The zero-order valence-electron chi connectivity index (χ0n) is 22.1. The number of aliphatic hydroxyl groups is 1. The van der Waals surface area contributed by atoms with Crippen LogP contribution in [0.1, 0.15) is 51.8 Å². The van der Waals surface area contributed by atoms with Crippen LogP contribution in [-0.4, -0.2) is 61.7 Å². The van der Waals surface area contributed by atoms with Crippen molar-refractivity contribution < 1.29 is 5.11 Å². The summed E-state index contributed by atoms with van der Waals surface area (Å²) >= 11 is 0. The van der Waals surface area contributed by atoms with Crippen molar-refractivity contribution in [3.8, 4) is 11.3 Å². The molecule has 0 spiro atoms. The molecule has 2 aromatic heterocycles. The first-order valence-electron chi connectivity index (χ1n) is 12.6. The molecule has 190 valence electrons. The van der Waals surface area contributed by atoms with Gasteiger partial charge in [0.15, 0.2) is 0 Å². The fraction of sp³-hybridized carbons (Fsp3) is 0.414. The summed E-state index contributed by atoms with van der Waals surface area (Å²) in [7, 11) is 1.00. The number of hydrogen-bond acceptors (Lipinski definition) is 6. The highest BCUT2D eigenvalue weighted by molar-refractivity contribution is 5.93. The molecule has 1 saturated heterocycles. The predicted molar refractivity (Wildman–Crippen MR) is 149 cm³/mol. The van der Waals surface area contributed by atoms with Crippen LogP contribution in [0.3, 0.4) is 0 Å². The van der Waals surface area contributed by atoms with Gasteiger partial charge >= 0.3 is 0 Å². The molecule has 0 aliphatic carbocycles. The van der Waals surface area contributed by atoms with Crippen LogP contribution in [-0.2, 0) is 6.54 Å². The molecule has 0 saturated carbocycles. The SMILES string of the molecule is C=C(C)c1nc2cc3ncnc3cc2[nH]c1-c1ccc(CN2CCC(NC(C)(C)C)CC2)cc1.CO. The van der Waals surface area contributed by atoms with Crippen molar-refractivity contribution in [1.82, 2.24) is 30.2 Å². The maximum atomic E-state index is 7.00. The lowest BCUT2D eigenvalue weighted by atomic mass is 9.99. The Bertz CT molecular complexity index is 1330. The lowest BCUT2D eigenvalue weighted by Crippen LogP contribution is -2.49. The van der Waals surface area contributed by atoms with E-state index in [9.17, 15) is 0 Å². The van der Waals surface area contributed by atoms with Crippen LogP contribution in [0.2, 0.25) is 0 Å². The molecule has 0 amide bonds. The van der Waals surface area contributed by atoms with E-state index in [2.05, 4.69) is 76.8 Å². The Morgan fingerprint density at radius 1 is 1.06 bits per heavy atom. The summed E-state index contributed by atoms with van der Waals surface area (Å²) in [6.45, 7) is 16.2. The molecule has 7 nitrogen and oxygen atoms in total. The van der Waals surface area contributed by atoms with Gasteiger partial charge < -0.3 is 15.4 Å². The van der Waals surface area contributed by atoms with Crippen LogP contribution in [0, 0.1) is 0 Å². The number of allylic oxidation sites excluding steroid dienone is 1. The Morgan fingerprint density at radius 2 is 1.69 bits per heavy atom. The maximum Gasteiger partial charge on any atom is 0.116 e. The number of imidazole rings is 1. The highest BCUT2D eigenvalue weighted by Gasteiger charge is 2.23. The molecular weight excluding hydrogens is 448 g/mol. The first-order valence-corrected chi connectivity index (χ1v) is 12.6. The number of rotatable bonds is 5. The van der Waals surface area contributed by atoms with Crippen molar-refractivity contribution in [3.05, 3.63) is 60.6 Å². The molecule has 3 N–H and O–H groups in total. The van der Waals surface area contributed by atoms with Gasteiger partial charge in [-0.2, -0.15) is 0 Å². The van der Waals surface area contributed by atoms with E-state index >= 15 is 0 Å². The van der Waals surface area contributed by atoms with Crippen LogP contribution < -0.4 is 5.32 Å².